The Hall–Kier alpha value is -4.98. The first-order valence-corrected chi connectivity index (χ1v) is 18.6. The molecule has 1 spiro atoms. The Kier molecular flexibility index (Phi) is 8.16. The quantitative estimate of drug-likeness (QED) is 0.159. The molecule has 0 N–H and O–H groups in total. The Morgan fingerprint density at radius 2 is 1.79 bits per heavy atom. The number of hydrogen-bond acceptors (Lipinski definition) is 9. The molecule has 0 saturated carbocycles. The van der Waals surface area contributed by atoms with Crippen LogP contribution < -0.4 is 9.80 Å². The molecule has 0 unspecified atom stereocenters. The fraction of sp³-hybridized carbons (Fsp3) is 0.256. The number of imidazole rings is 1. The van der Waals surface area contributed by atoms with E-state index in [1.165, 1.54) is 29.7 Å². The molecule has 262 valence electrons. The van der Waals surface area contributed by atoms with Crippen LogP contribution in [0.15, 0.2) is 79.1 Å². The van der Waals surface area contributed by atoms with Crippen LogP contribution in [0.2, 0.25) is 0 Å². The molecule has 3 aliphatic rings. The third-order valence-electron chi connectivity index (χ3n) is 10.4. The highest BCUT2D eigenvalue weighted by Gasteiger charge is 2.45. The number of thiophene rings is 1. The molecule has 0 atom stereocenters. The predicted molar refractivity (Wildman–Crippen MR) is 199 cm³/mol. The van der Waals surface area contributed by atoms with Gasteiger partial charge in [-0.15, -0.1) is 15.2 Å². The van der Waals surface area contributed by atoms with Crippen molar-refractivity contribution in [3.63, 3.8) is 0 Å². The van der Waals surface area contributed by atoms with Crippen molar-refractivity contribution in [2.45, 2.75) is 26.2 Å². The maximum atomic E-state index is 14.8. The number of ketones is 1. The second kappa shape index (κ2) is 12.9. The normalized spacial score (nSPS) is 16.4. The number of halogens is 2. The molecule has 13 heteroatoms. The summed E-state index contributed by atoms with van der Waals surface area (Å²) in [4.78, 5) is 46.3. The number of pyridine rings is 2. The van der Waals surface area contributed by atoms with Crippen molar-refractivity contribution in [3.8, 4) is 21.6 Å². The molecule has 9 nitrogen and oxygen atoms in total. The van der Waals surface area contributed by atoms with Crippen LogP contribution in [-0.2, 0) is 11.2 Å². The first-order chi connectivity index (χ1) is 25.3. The summed E-state index contributed by atoms with van der Waals surface area (Å²) in [5.41, 5.74) is 6.40. The van der Waals surface area contributed by atoms with Crippen LogP contribution in [0.1, 0.15) is 49.8 Å². The van der Waals surface area contributed by atoms with Gasteiger partial charge in [0.05, 0.1) is 10.6 Å². The molecule has 2 fully saturated rings. The molecule has 9 rings (SSSR count). The van der Waals surface area contributed by atoms with E-state index in [0.717, 1.165) is 76.1 Å². The molecule has 6 aromatic rings. The van der Waals surface area contributed by atoms with Crippen molar-refractivity contribution in [3.05, 3.63) is 112 Å². The third-order valence-corrected chi connectivity index (χ3v) is 12.1. The lowest BCUT2D eigenvalue weighted by Gasteiger charge is -2.53. The lowest BCUT2D eigenvalue weighted by molar-refractivity contribution is -0.000417. The Bertz CT molecular complexity index is 2380. The van der Waals surface area contributed by atoms with E-state index in [0.29, 0.717) is 39.0 Å². The number of aryl methyl sites for hydroxylation is 1. The van der Waals surface area contributed by atoms with Gasteiger partial charge in [-0.05, 0) is 97.5 Å². The second-order valence-electron chi connectivity index (χ2n) is 13.7. The molecule has 2 aromatic carbocycles. The van der Waals surface area contributed by atoms with Gasteiger partial charge < -0.3 is 14.5 Å². The highest BCUT2D eigenvalue weighted by molar-refractivity contribution is 7.93. The maximum Gasteiger partial charge on any atom is 0.258 e. The monoisotopic (exact) mass is 734 g/mol. The number of nitrogens with zero attached hydrogens (tertiary/aromatic N) is 6. The average molecular weight is 735 g/mol. The van der Waals surface area contributed by atoms with Crippen LogP contribution in [0.4, 0.5) is 19.8 Å². The van der Waals surface area contributed by atoms with Gasteiger partial charge >= 0.3 is 0 Å². The summed E-state index contributed by atoms with van der Waals surface area (Å²) >= 11 is 1.12. The van der Waals surface area contributed by atoms with Crippen LogP contribution in [0.25, 0.3) is 32.7 Å². The third kappa shape index (κ3) is 5.58. The van der Waals surface area contributed by atoms with Gasteiger partial charge in [0, 0.05) is 72.2 Å². The van der Waals surface area contributed by atoms with Gasteiger partial charge in [-0.1, -0.05) is 12.1 Å². The molecule has 7 heterocycles. The summed E-state index contributed by atoms with van der Waals surface area (Å²) in [6.07, 6.45) is 6.00. The van der Waals surface area contributed by atoms with Crippen LogP contribution >= 0.6 is 23.7 Å². The van der Waals surface area contributed by atoms with Gasteiger partial charge in [0.1, 0.15) is 17.2 Å². The summed E-state index contributed by atoms with van der Waals surface area (Å²) < 4.78 is 35.6. The molecule has 52 heavy (non-hydrogen) atoms. The summed E-state index contributed by atoms with van der Waals surface area (Å²) in [6, 6.07) is 19.1. The number of aromatic nitrogens is 4. The SMILES string of the molecule is Cc1cnc(N2CC3(CCOCC3)C2)c(-c2ccc(C(=O)N3CCc4cc(C(=O)c5nc6ncccc6n5SF)sc4-c4ccc(F)cc43)cc2)c1. The Balaban J connectivity index is 0.999. The van der Waals surface area contributed by atoms with Crippen molar-refractivity contribution in [1.82, 2.24) is 18.9 Å². The van der Waals surface area contributed by atoms with E-state index < -0.39 is 11.6 Å². The average Bonchev–Trinajstić information content (AvgIpc) is 3.72. The summed E-state index contributed by atoms with van der Waals surface area (Å²) in [6.45, 7) is 5.83. The molecule has 0 aliphatic carbocycles. The molecule has 4 aromatic heterocycles. The van der Waals surface area contributed by atoms with E-state index in [-0.39, 0.29) is 36.3 Å². The zero-order valence-electron chi connectivity index (χ0n) is 28.1. The van der Waals surface area contributed by atoms with Crippen molar-refractivity contribution in [2.75, 3.05) is 42.6 Å². The van der Waals surface area contributed by atoms with Crippen molar-refractivity contribution >= 4 is 58.0 Å². The highest BCUT2D eigenvalue weighted by Crippen LogP contribution is 2.45. The minimum atomic E-state index is -0.475. The first-order valence-electron chi connectivity index (χ1n) is 17.1. The number of fused-ring (bicyclic) bond motifs is 4. The number of rotatable bonds is 6. The van der Waals surface area contributed by atoms with E-state index >= 15 is 0 Å². The number of hydrogen-bond donors (Lipinski definition) is 0. The van der Waals surface area contributed by atoms with Gasteiger partial charge in [-0.25, -0.2) is 23.3 Å². The number of benzene rings is 2. The van der Waals surface area contributed by atoms with E-state index in [1.807, 2.05) is 37.4 Å². The summed E-state index contributed by atoms with van der Waals surface area (Å²) in [5, 5.41) is 0. The second-order valence-corrected chi connectivity index (χ2v) is 15.3. The predicted octanol–water partition coefficient (Wildman–Crippen LogP) is 8.10. The Labute approximate surface area is 306 Å². The van der Waals surface area contributed by atoms with E-state index in [1.54, 1.807) is 29.2 Å². The molecule has 0 bridgehead atoms. The maximum absolute atomic E-state index is 14.8. The van der Waals surface area contributed by atoms with E-state index in [4.69, 9.17) is 9.72 Å². The zero-order chi connectivity index (χ0) is 35.6. The van der Waals surface area contributed by atoms with Crippen molar-refractivity contribution in [2.24, 2.45) is 5.41 Å². The number of amides is 1. The lowest BCUT2D eigenvalue weighted by atomic mass is 9.73. The molecular formula is C39H32F2N6O3S2. The summed E-state index contributed by atoms with van der Waals surface area (Å²) in [5.74, 6) is -0.295. The number of anilines is 2. The Morgan fingerprint density at radius 3 is 2.58 bits per heavy atom. The molecule has 2 saturated heterocycles. The lowest BCUT2D eigenvalue weighted by Crippen LogP contribution is -2.59. The largest absolute Gasteiger partial charge is 0.381 e. The Morgan fingerprint density at radius 1 is 0.981 bits per heavy atom. The highest BCUT2D eigenvalue weighted by atomic mass is 32.2. The molecule has 3 aliphatic heterocycles. The standard InChI is InChI=1S/C39H32F2N6O3S2/c1-23-17-29(36(43-20-23)45-21-39(22-45)11-15-50-16-12-39)24-4-6-25(7-5-24)38(49)46-14-10-26-18-32(51-34(26)28-9-8-27(40)19-31(28)46)33(48)37-44-35-30(47(37)52-41)3-2-13-42-35/h2-9,13,17-20H,10-12,14-16,21-22H2,1H3. The van der Waals surface area contributed by atoms with Gasteiger partial charge in [-0.2, -0.15) is 0 Å². The van der Waals surface area contributed by atoms with Crippen molar-refractivity contribution in [1.29, 1.82) is 0 Å². The molecule has 1 amide bonds. The minimum Gasteiger partial charge on any atom is -0.381 e. The smallest absolute Gasteiger partial charge is 0.258 e. The topological polar surface area (TPSA) is 93.5 Å². The van der Waals surface area contributed by atoms with Crippen LogP contribution in [0, 0.1) is 18.2 Å². The van der Waals surface area contributed by atoms with Gasteiger partial charge in [0.2, 0.25) is 5.78 Å². The number of ether oxygens (including phenoxy) is 1. The van der Waals surface area contributed by atoms with Crippen LogP contribution in [0.3, 0.4) is 0 Å². The van der Waals surface area contributed by atoms with Crippen LogP contribution in [0.5, 0.6) is 0 Å². The van der Waals surface area contributed by atoms with Crippen molar-refractivity contribution < 1.29 is 22.6 Å². The minimum absolute atomic E-state index is 0.0705. The fourth-order valence-corrected chi connectivity index (χ4v) is 9.25. The van der Waals surface area contributed by atoms with Gasteiger partial charge in [-0.3, -0.25) is 9.59 Å². The van der Waals surface area contributed by atoms with Crippen LogP contribution in [-0.4, -0.2) is 63.5 Å². The van der Waals surface area contributed by atoms with E-state index in [9.17, 15) is 17.9 Å². The summed E-state index contributed by atoms with van der Waals surface area (Å²) in [7, 11) is 0. The number of carbonyl (C=O) groups excluding carboxylic acids is 2. The zero-order valence-corrected chi connectivity index (χ0v) is 29.8. The molecule has 0 radical (unpaired) electrons. The first kappa shape index (κ1) is 32.9. The van der Waals surface area contributed by atoms with Gasteiger partial charge in [0.25, 0.3) is 5.91 Å². The fourth-order valence-electron chi connectivity index (χ4n) is 7.66. The molecular weight excluding hydrogens is 703 g/mol. The van der Waals surface area contributed by atoms with Gasteiger partial charge in [0.15, 0.2) is 23.8 Å². The number of carbonyl (C=O) groups is 2. The van der Waals surface area contributed by atoms with E-state index in [2.05, 4.69) is 20.9 Å².